The van der Waals surface area contributed by atoms with Gasteiger partial charge in [-0.05, 0) is 35.6 Å². The SMILES string of the molecule is Cc1csc(C(O)Cc2c(Cl)cccc2Cl)c1Cl. The van der Waals surface area contributed by atoms with Crippen molar-refractivity contribution in [2.24, 2.45) is 0 Å². The molecule has 1 atom stereocenters. The van der Waals surface area contributed by atoms with E-state index in [9.17, 15) is 5.11 Å². The summed E-state index contributed by atoms with van der Waals surface area (Å²) in [5, 5.41) is 13.9. The first-order valence-corrected chi connectivity index (χ1v) is 7.36. The summed E-state index contributed by atoms with van der Waals surface area (Å²) < 4.78 is 0. The second-order valence-electron chi connectivity index (χ2n) is 4.02. The van der Waals surface area contributed by atoms with Gasteiger partial charge in [0.15, 0.2) is 0 Å². The summed E-state index contributed by atoms with van der Waals surface area (Å²) in [5.74, 6) is 0. The van der Waals surface area contributed by atoms with Gasteiger partial charge in [-0.2, -0.15) is 0 Å². The molecule has 1 nitrogen and oxygen atoms in total. The minimum absolute atomic E-state index is 0.359. The Morgan fingerprint density at radius 3 is 2.33 bits per heavy atom. The smallest absolute Gasteiger partial charge is 0.0938 e. The lowest BCUT2D eigenvalue weighted by Crippen LogP contribution is -2.01. The third-order valence-electron chi connectivity index (χ3n) is 2.69. The lowest BCUT2D eigenvalue weighted by Gasteiger charge is -2.12. The normalized spacial score (nSPS) is 12.7. The van der Waals surface area contributed by atoms with Gasteiger partial charge in [0.25, 0.3) is 0 Å². The highest BCUT2D eigenvalue weighted by molar-refractivity contribution is 7.10. The Bertz CT molecular complexity index is 545. The lowest BCUT2D eigenvalue weighted by atomic mass is 10.1. The van der Waals surface area contributed by atoms with Crippen molar-refractivity contribution in [3.8, 4) is 0 Å². The zero-order valence-corrected chi connectivity index (χ0v) is 12.7. The van der Waals surface area contributed by atoms with Crippen LogP contribution in [0.4, 0.5) is 0 Å². The van der Waals surface area contributed by atoms with E-state index in [0.717, 1.165) is 16.0 Å². The quantitative estimate of drug-likeness (QED) is 0.814. The molecule has 0 aliphatic rings. The predicted molar refractivity (Wildman–Crippen MR) is 79.2 cm³/mol. The fourth-order valence-corrected chi connectivity index (χ4v) is 3.54. The van der Waals surface area contributed by atoms with Crippen molar-refractivity contribution in [3.63, 3.8) is 0 Å². The van der Waals surface area contributed by atoms with E-state index < -0.39 is 6.10 Å². The van der Waals surface area contributed by atoms with Crippen LogP contribution in [-0.4, -0.2) is 5.11 Å². The summed E-state index contributed by atoms with van der Waals surface area (Å²) in [6.45, 7) is 1.91. The predicted octanol–water partition coefficient (Wildman–Crippen LogP) is 5.29. The third kappa shape index (κ3) is 2.84. The van der Waals surface area contributed by atoms with E-state index in [1.165, 1.54) is 11.3 Å². The molecule has 0 spiro atoms. The Labute approximate surface area is 125 Å². The molecule has 18 heavy (non-hydrogen) atoms. The van der Waals surface area contributed by atoms with Crippen LogP contribution >= 0.6 is 46.1 Å². The van der Waals surface area contributed by atoms with Gasteiger partial charge >= 0.3 is 0 Å². The van der Waals surface area contributed by atoms with Crippen molar-refractivity contribution in [2.75, 3.05) is 0 Å². The van der Waals surface area contributed by atoms with E-state index in [1.807, 2.05) is 12.3 Å². The van der Waals surface area contributed by atoms with Crippen LogP contribution in [0.2, 0.25) is 15.1 Å². The van der Waals surface area contributed by atoms with Gasteiger partial charge in [-0.1, -0.05) is 40.9 Å². The first-order valence-electron chi connectivity index (χ1n) is 5.35. The van der Waals surface area contributed by atoms with Gasteiger partial charge in [-0.3, -0.25) is 0 Å². The first kappa shape index (κ1) is 14.2. The Morgan fingerprint density at radius 2 is 1.83 bits per heavy atom. The summed E-state index contributed by atoms with van der Waals surface area (Å²) in [7, 11) is 0. The molecule has 0 radical (unpaired) electrons. The topological polar surface area (TPSA) is 20.2 Å². The summed E-state index contributed by atoms with van der Waals surface area (Å²) >= 11 is 19.7. The minimum atomic E-state index is -0.686. The molecule has 0 saturated heterocycles. The standard InChI is InChI=1S/C13H11Cl3OS/c1-7-6-18-13(12(7)16)11(17)5-8-9(14)3-2-4-10(8)15/h2-4,6,11,17H,5H2,1H3. The number of aliphatic hydroxyl groups is 1. The maximum absolute atomic E-state index is 10.2. The summed E-state index contributed by atoms with van der Waals surface area (Å²) in [6, 6.07) is 5.30. The number of benzene rings is 1. The van der Waals surface area contributed by atoms with Crippen LogP contribution in [0.5, 0.6) is 0 Å². The molecular formula is C13H11Cl3OS. The van der Waals surface area contributed by atoms with Crippen LogP contribution in [-0.2, 0) is 6.42 Å². The van der Waals surface area contributed by atoms with Gasteiger partial charge in [0.1, 0.15) is 0 Å². The van der Waals surface area contributed by atoms with Gasteiger partial charge in [0.2, 0.25) is 0 Å². The largest absolute Gasteiger partial charge is 0.387 e. The fraction of sp³-hybridized carbons (Fsp3) is 0.231. The molecule has 96 valence electrons. The van der Waals surface area contributed by atoms with Crippen LogP contribution in [0.25, 0.3) is 0 Å². The fourth-order valence-electron chi connectivity index (χ4n) is 1.69. The molecule has 0 aliphatic heterocycles. The van der Waals surface area contributed by atoms with Crippen LogP contribution in [0.15, 0.2) is 23.6 Å². The number of halogens is 3. The monoisotopic (exact) mass is 320 g/mol. The number of rotatable bonds is 3. The van der Waals surface area contributed by atoms with Crippen molar-refractivity contribution in [2.45, 2.75) is 19.4 Å². The Hall–Kier alpha value is -0.250. The maximum atomic E-state index is 10.2. The summed E-state index contributed by atoms with van der Waals surface area (Å²) in [6.07, 6.45) is -0.327. The molecule has 0 aliphatic carbocycles. The van der Waals surface area contributed by atoms with Crippen LogP contribution in [0.3, 0.4) is 0 Å². The highest BCUT2D eigenvalue weighted by Gasteiger charge is 2.18. The Kier molecular flexibility index (Phi) is 4.57. The van der Waals surface area contributed by atoms with E-state index in [2.05, 4.69) is 0 Å². The van der Waals surface area contributed by atoms with Crippen molar-refractivity contribution in [1.82, 2.24) is 0 Å². The molecule has 1 aromatic carbocycles. The van der Waals surface area contributed by atoms with Gasteiger partial charge in [0.05, 0.1) is 16.0 Å². The van der Waals surface area contributed by atoms with E-state index in [0.29, 0.717) is 21.5 Å². The molecule has 0 amide bonds. The first-order chi connectivity index (χ1) is 8.50. The molecule has 1 heterocycles. The molecule has 2 aromatic rings. The van der Waals surface area contributed by atoms with Crippen molar-refractivity contribution < 1.29 is 5.11 Å². The number of thiophene rings is 1. The summed E-state index contributed by atoms with van der Waals surface area (Å²) in [4.78, 5) is 0.755. The van der Waals surface area contributed by atoms with E-state index >= 15 is 0 Å². The molecule has 2 rings (SSSR count). The number of aryl methyl sites for hydroxylation is 1. The van der Waals surface area contributed by atoms with Crippen molar-refractivity contribution in [1.29, 1.82) is 0 Å². The van der Waals surface area contributed by atoms with Crippen molar-refractivity contribution >= 4 is 46.1 Å². The van der Waals surface area contributed by atoms with Gasteiger partial charge in [-0.25, -0.2) is 0 Å². The molecule has 1 N–H and O–H groups in total. The average molecular weight is 322 g/mol. The highest BCUT2D eigenvalue weighted by Crippen LogP contribution is 2.36. The second kappa shape index (κ2) is 5.81. The number of hydrogen-bond donors (Lipinski definition) is 1. The van der Waals surface area contributed by atoms with Gasteiger partial charge in [0, 0.05) is 16.5 Å². The average Bonchev–Trinajstić information content (AvgIpc) is 2.65. The minimum Gasteiger partial charge on any atom is -0.387 e. The molecule has 0 saturated carbocycles. The maximum Gasteiger partial charge on any atom is 0.0938 e. The number of aliphatic hydroxyl groups excluding tert-OH is 1. The lowest BCUT2D eigenvalue weighted by molar-refractivity contribution is 0.182. The van der Waals surface area contributed by atoms with Gasteiger partial charge < -0.3 is 5.11 Å². The zero-order valence-electron chi connectivity index (χ0n) is 9.58. The molecule has 1 aromatic heterocycles. The molecule has 0 fully saturated rings. The van der Waals surface area contributed by atoms with Gasteiger partial charge in [-0.15, -0.1) is 11.3 Å². The zero-order chi connectivity index (χ0) is 13.3. The summed E-state index contributed by atoms with van der Waals surface area (Å²) in [5.41, 5.74) is 1.72. The highest BCUT2D eigenvalue weighted by atomic mass is 35.5. The van der Waals surface area contributed by atoms with E-state index in [1.54, 1.807) is 18.2 Å². The molecular weight excluding hydrogens is 311 g/mol. The van der Waals surface area contributed by atoms with E-state index in [-0.39, 0.29) is 0 Å². The van der Waals surface area contributed by atoms with Crippen molar-refractivity contribution in [3.05, 3.63) is 54.7 Å². The molecule has 5 heteroatoms. The van der Waals surface area contributed by atoms with Crippen LogP contribution < -0.4 is 0 Å². The second-order valence-corrected chi connectivity index (χ2v) is 6.12. The Balaban J connectivity index is 2.27. The molecule has 0 bridgehead atoms. The number of hydrogen-bond acceptors (Lipinski definition) is 2. The third-order valence-corrected chi connectivity index (χ3v) is 5.21. The van der Waals surface area contributed by atoms with Crippen LogP contribution in [0, 0.1) is 6.92 Å². The molecule has 1 unspecified atom stereocenters. The van der Waals surface area contributed by atoms with E-state index in [4.69, 9.17) is 34.8 Å². The van der Waals surface area contributed by atoms with Crippen LogP contribution in [0.1, 0.15) is 22.1 Å². The Morgan fingerprint density at radius 1 is 1.22 bits per heavy atom.